The third kappa shape index (κ3) is 2.68. The summed E-state index contributed by atoms with van der Waals surface area (Å²) < 4.78 is 15.0. The molecule has 1 heterocycles. The minimum atomic E-state index is -1.08. The van der Waals surface area contributed by atoms with Crippen molar-refractivity contribution >= 4 is 22.4 Å². The summed E-state index contributed by atoms with van der Waals surface area (Å²) in [7, 11) is 0. The first-order chi connectivity index (χ1) is 8.39. The van der Waals surface area contributed by atoms with Crippen molar-refractivity contribution < 1.29 is 4.55 Å². The fourth-order valence-electron chi connectivity index (χ4n) is 1.75. The Bertz CT molecular complexity index is 532. The normalized spacial score (nSPS) is 15.8. The zero-order chi connectivity index (χ0) is 13.3. The quantitative estimate of drug-likeness (QED) is 0.839. The van der Waals surface area contributed by atoms with Crippen LogP contribution in [0.25, 0.3) is 11.0 Å². The molecule has 98 valence electrons. The van der Waals surface area contributed by atoms with E-state index in [0.29, 0.717) is 0 Å². The van der Waals surface area contributed by atoms with Gasteiger partial charge in [-0.3, -0.25) is 0 Å². The number of H-pyrrole nitrogens is 1. The second-order valence-electron chi connectivity index (χ2n) is 5.36. The number of nitrogens with one attached hydrogen (secondary N) is 2. The van der Waals surface area contributed by atoms with Gasteiger partial charge in [0.05, 0.1) is 23.4 Å². The maximum Gasteiger partial charge on any atom is 0.136 e. The molecule has 0 aliphatic rings. The van der Waals surface area contributed by atoms with Gasteiger partial charge in [-0.1, -0.05) is 12.1 Å². The Morgan fingerprint density at radius 2 is 2.11 bits per heavy atom. The maximum absolute atomic E-state index is 12.1. The molecule has 0 fully saturated rings. The molecule has 0 aliphatic carbocycles. The van der Waals surface area contributed by atoms with E-state index in [1.165, 1.54) is 0 Å². The molecule has 18 heavy (non-hydrogen) atoms. The molecule has 2 unspecified atom stereocenters. The molecule has 0 radical (unpaired) electrons. The molecule has 1 aromatic heterocycles. The number of nitrogens with zero attached hydrogens (tertiary/aromatic N) is 1. The number of fused-ring (bicyclic) bond motifs is 1. The summed E-state index contributed by atoms with van der Waals surface area (Å²) in [4.78, 5) is 7.36. The molecule has 2 aromatic rings. The van der Waals surface area contributed by atoms with Crippen LogP contribution >= 0.6 is 0 Å². The van der Waals surface area contributed by atoms with Gasteiger partial charge in [-0.05, 0) is 39.3 Å². The summed E-state index contributed by atoms with van der Waals surface area (Å²) >= 11 is -1.08. The van der Waals surface area contributed by atoms with Crippen molar-refractivity contribution in [3.63, 3.8) is 0 Å². The van der Waals surface area contributed by atoms with Gasteiger partial charge in [0.25, 0.3) is 0 Å². The Hall–Kier alpha value is -1.04. The molecule has 0 amide bonds. The summed E-state index contributed by atoms with van der Waals surface area (Å²) in [5, 5.41) is 0. The molecular formula is C13H19N3OS. The Kier molecular flexibility index (Phi) is 3.66. The van der Waals surface area contributed by atoms with Gasteiger partial charge in [0.15, 0.2) is 0 Å². The van der Waals surface area contributed by atoms with Gasteiger partial charge >= 0.3 is 0 Å². The lowest BCUT2D eigenvalue weighted by atomic mass is 10.1. The summed E-state index contributed by atoms with van der Waals surface area (Å²) in [5.41, 5.74) is 3.02. The topological polar surface area (TPSA) is 63.8 Å². The first kappa shape index (κ1) is 13.4. The van der Waals surface area contributed by atoms with E-state index in [1.54, 1.807) is 6.33 Å². The van der Waals surface area contributed by atoms with Crippen LogP contribution < -0.4 is 4.72 Å². The third-order valence-corrected chi connectivity index (χ3v) is 4.47. The van der Waals surface area contributed by atoms with Crippen molar-refractivity contribution in [3.8, 4) is 0 Å². The van der Waals surface area contributed by atoms with E-state index in [4.69, 9.17) is 0 Å². The number of hydrogen-bond acceptors (Lipinski definition) is 3. The highest BCUT2D eigenvalue weighted by Crippen LogP contribution is 2.24. The van der Waals surface area contributed by atoms with Gasteiger partial charge < -0.3 is 9.54 Å². The van der Waals surface area contributed by atoms with E-state index in [0.717, 1.165) is 16.6 Å². The zero-order valence-electron chi connectivity index (χ0n) is 11.2. The second kappa shape index (κ2) is 4.91. The van der Waals surface area contributed by atoms with E-state index in [-0.39, 0.29) is 10.8 Å². The number of aromatic amines is 1. The van der Waals surface area contributed by atoms with E-state index < -0.39 is 11.4 Å². The van der Waals surface area contributed by atoms with Gasteiger partial charge in [0.1, 0.15) is 4.75 Å². The van der Waals surface area contributed by atoms with Crippen LogP contribution in [0.15, 0.2) is 24.5 Å². The van der Waals surface area contributed by atoms with Crippen molar-refractivity contribution in [2.24, 2.45) is 0 Å². The fraction of sp³-hybridized carbons (Fsp3) is 0.462. The Morgan fingerprint density at radius 1 is 1.39 bits per heavy atom. The monoisotopic (exact) mass is 265 g/mol. The minimum Gasteiger partial charge on any atom is -0.598 e. The number of para-hydroxylation sites is 1. The molecule has 0 saturated heterocycles. The lowest BCUT2D eigenvalue weighted by molar-refractivity contribution is 0.531. The Labute approximate surface area is 111 Å². The van der Waals surface area contributed by atoms with Gasteiger partial charge in [-0.2, -0.15) is 0 Å². The van der Waals surface area contributed by atoms with Crippen LogP contribution in [0.2, 0.25) is 0 Å². The first-order valence-corrected chi connectivity index (χ1v) is 7.14. The van der Waals surface area contributed by atoms with Gasteiger partial charge in [0.2, 0.25) is 0 Å². The maximum atomic E-state index is 12.1. The highest BCUT2D eigenvalue weighted by Gasteiger charge is 2.28. The lowest BCUT2D eigenvalue weighted by Crippen LogP contribution is -2.40. The molecule has 4 nitrogen and oxygen atoms in total. The van der Waals surface area contributed by atoms with Crippen molar-refractivity contribution in [2.45, 2.75) is 38.5 Å². The zero-order valence-corrected chi connectivity index (χ0v) is 12.0. The molecule has 5 heteroatoms. The fourth-order valence-corrected chi connectivity index (χ4v) is 2.55. The summed E-state index contributed by atoms with van der Waals surface area (Å²) in [6.45, 7) is 7.89. The number of hydrogen-bond donors (Lipinski definition) is 2. The lowest BCUT2D eigenvalue weighted by Gasteiger charge is -2.26. The molecular weight excluding hydrogens is 246 g/mol. The van der Waals surface area contributed by atoms with Crippen LogP contribution in [0.4, 0.5) is 0 Å². The first-order valence-electron chi connectivity index (χ1n) is 5.99. The molecule has 0 spiro atoms. The average Bonchev–Trinajstić information content (AvgIpc) is 2.74. The van der Waals surface area contributed by atoms with Crippen molar-refractivity contribution in [1.82, 2.24) is 14.7 Å². The van der Waals surface area contributed by atoms with Crippen LogP contribution in [0.3, 0.4) is 0 Å². The van der Waals surface area contributed by atoms with E-state index in [1.807, 2.05) is 45.9 Å². The van der Waals surface area contributed by atoms with Crippen LogP contribution in [0.1, 0.15) is 39.3 Å². The smallest absolute Gasteiger partial charge is 0.136 e. The molecule has 0 saturated carbocycles. The van der Waals surface area contributed by atoms with Crippen molar-refractivity contribution in [3.05, 3.63) is 30.1 Å². The average molecular weight is 265 g/mol. The summed E-state index contributed by atoms with van der Waals surface area (Å²) in [6, 6.07) is 5.96. The Balaban J connectivity index is 2.23. The highest BCUT2D eigenvalue weighted by molar-refractivity contribution is 7.90. The van der Waals surface area contributed by atoms with Crippen molar-refractivity contribution in [2.75, 3.05) is 0 Å². The highest BCUT2D eigenvalue weighted by atomic mass is 32.2. The molecule has 0 bridgehead atoms. The van der Waals surface area contributed by atoms with Gasteiger partial charge in [-0.25, -0.2) is 4.98 Å². The molecule has 2 rings (SSSR count). The SMILES string of the molecule is CC(N[S+]([O-])C(C)(C)C)c1cccc2nc[nH]c12. The molecule has 1 aromatic carbocycles. The number of aromatic nitrogens is 2. The van der Waals surface area contributed by atoms with Crippen molar-refractivity contribution in [1.29, 1.82) is 0 Å². The van der Waals surface area contributed by atoms with Crippen LogP contribution in [0.5, 0.6) is 0 Å². The largest absolute Gasteiger partial charge is 0.598 e. The molecule has 2 atom stereocenters. The predicted molar refractivity (Wildman–Crippen MR) is 75.5 cm³/mol. The molecule has 0 aliphatic heterocycles. The van der Waals surface area contributed by atoms with Gasteiger partial charge in [-0.15, -0.1) is 4.72 Å². The number of benzene rings is 1. The standard InChI is InChI=1S/C13H19N3OS/c1-9(16-18(17)13(2,3)4)10-6-5-7-11-12(10)15-8-14-11/h5-9,16H,1-4H3,(H,14,15). The predicted octanol–water partition coefficient (Wildman–Crippen LogP) is 2.68. The van der Waals surface area contributed by atoms with E-state index in [2.05, 4.69) is 14.7 Å². The molecule has 2 N–H and O–H groups in total. The van der Waals surface area contributed by atoms with E-state index >= 15 is 0 Å². The van der Waals surface area contributed by atoms with Crippen LogP contribution in [-0.4, -0.2) is 19.3 Å². The van der Waals surface area contributed by atoms with Crippen LogP contribution in [-0.2, 0) is 11.4 Å². The summed E-state index contributed by atoms with van der Waals surface area (Å²) in [6.07, 6.45) is 1.68. The van der Waals surface area contributed by atoms with E-state index in [9.17, 15) is 4.55 Å². The minimum absolute atomic E-state index is 0.00853. The van der Waals surface area contributed by atoms with Crippen LogP contribution in [0, 0.1) is 0 Å². The number of imidazole rings is 1. The Morgan fingerprint density at radius 3 is 2.78 bits per heavy atom. The third-order valence-electron chi connectivity index (χ3n) is 2.79. The summed E-state index contributed by atoms with van der Waals surface area (Å²) in [5.74, 6) is 0. The second-order valence-corrected chi connectivity index (χ2v) is 7.36. The number of rotatable bonds is 3. The van der Waals surface area contributed by atoms with Gasteiger partial charge in [0, 0.05) is 11.4 Å².